The number of anilines is 1. The van der Waals surface area contributed by atoms with Gasteiger partial charge in [0.05, 0.1) is 4.92 Å². The minimum absolute atomic E-state index is 0.0637. The van der Waals surface area contributed by atoms with Gasteiger partial charge in [0, 0.05) is 17.1 Å². The van der Waals surface area contributed by atoms with E-state index in [2.05, 4.69) is 21.2 Å². The van der Waals surface area contributed by atoms with Gasteiger partial charge < -0.3 is 10.1 Å². The van der Waals surface area contributed by atoms with E-state index < -0.39 is 0 Å². The van der Waals surface area contributed by atoms with Crippen molar-refractivity contribution in [3.8, 4) is 5.75 Å². The summed E-state index contributed by atoms with van der Waals surface area (Å²) >= 11 is 3.35. The largest absolute Gasteiger partial charge is 0.489 e. The summed E-state index contributed by atoms with van der Waals surface area (Å²) in [6.45, 7) is 2.82. The molecule has 0 saturated carbocycles. The zero-order valence-electron chi connectivity index (χ0n) is 11.5. The molecule has 0 saturated heterocycles. The van der Waals surface area contributed by atoms with E-state index in [1.807, 2.05) is 37.3 Å². The van der Waals surface area contributed by atoms with E-state index in [-0.39, 0.29) is 17.2 Å². The van der Waals surface area contributed by atoms with Gasteiger partial charge in [0.2, 0.25) is 0 Å². The van der Waals surface area contributed by atoms with Crippen LogP contribution in [0, 0.1) is 10.1 Å². The molecule has 2 aromatic carbocycles. The smallest absolute Gasteiger partial charge is 0.292 e. The van der Waals surface area contributed by atoms with Gasteiger partial charge in [0.1, 0.15) is 18.0 Å². The molecule has 110 valence electrons. The lowest BCUT2D eigenvalue weighted by atomic mass is 10.2. The zero-order chi connectivity index (χ0) is 15.2. The summed E-state index contributed by atoms with van der Waals surface area (Å²) in [4.78, 5) is 10.7. The highest BCUT2D eigenvalue weighted by Gasteiger charge is 2.14. The van der Waals surface area contributed by atoms with Crippen LogP contribution in [-0.2, 0) is 6.61 Å². The van der Waals surface area contributed by atoms with E-state index in [4.69, 9.17) is 4.74 Å². The Bertz CT molecular complexity index is 629. The second kappa shape index (κ2) is 7.08. The maximum Gasteiger partial charge on any atom is 0.292 e. The number of benzene rings is 2. The zero-order valence-corrected chi connectivity index (χ0v) is 13.1. The fourth-order valence-corrected chi connectivity index (χ4v) is 2.12. The number of rotatable bonds is 6. The summed E-state index contributed by atoms with van der Waals surface area (Å²) in [6, 6.07) is 12.5. The Morgan fingerprint density at radius 1 is 1.24 bits per heavy atom. The minimum Gasteiger partial charge on any atom is -0.489 e. The Labute approximate surface area is 131 Å². The molecule has 0 unspecified atom stereocenters. The Balaban J connectivity index is 2.11. The standard InChI is InChI=1S/C15H15BrN2O3/c1-2-17-14-8-3-11(9-15(14)18(19)20)10-21-13-6-4-12(16)5-7-13/h3-9,17H,2,10H2,1H3. The third-order valence-electron chi connectivity index (χ3n) is 2.85. The number of hydrogen-bond donors (Lipinski definition) is 1. The van der Waals surface area contributed by atoms with Gasteiger partial charge >= 0.3 is 0 Å². The molecule has 2 aromatic rings. The van der Waals surface area contributed by atoms with Crippen LogP contribution in [0.2, 0.25) is 0 Å². The second-order valence-electron chi connectivity index (χ2n) is 4.38. The van der Waals surface area contributed by atoms with Crippen molar-refractivity contribution in [1.29, 1.82) is 0 Å². The number of ether oxygens (including phenoxy) is 1. The molecule has 0 radical (unpaired) electrons. The normalized spacial score (nSPS) is 10.2. The van der Waals surface area contributed by atoms with E-state index in [0.717, 1.165) is 15.8 Å². The molecule has 0 aliphatic rings. The van der Waals surface area contributed by atoms with Crippen LogP contribution in [0.5, 0.6) is 5.75 Å². The van der Waals surface area contributed by atoms with Crippen LogP contribution < -0.4 is 10.1 Å². The molecule has 0 aliphatic heterocycles. The summed E-state index contributed by atoms with van der Waals surface area (Å²) in [5.74, 6) is 0.719. The lowest BCUT2D eigenvalue weighted by Crippen LogP contribution is -2.03. The molecule has 0 bridgehead atoms. The highest BCUT2D eigenvalue weighted by atomic mass is 79.9. The van der Waals surface area contributed by atoms with E-state index in [9.17, 15) is 10.1 Å². The molecule has 0 heterocycles. The third kappa shape index (κ3) is 4.19. The molecule has 0 amide bonds. The topological polar surface area (TPSA) is 64.4 Å². The number of halogens is 1. The van der Waals surface area contributed by atoms with Crippen molar-refractivity contribution < 1.29 is 9.66 Å². The molecule has 21 heavy (non-hydrogen) atoms. The van der Waals surface area contributed by atoms with Crippen LogP contribution >= 0.6 is 15.9 Å². The van der Waals surface area contributed by atoms with Gasteiger partial charge in [-0.05, 0) is 42.8 Å². The molecule has 0 spiro atoms. The maximum absolute atomic E-state index is 11.1. The van der Waals surface area contributed by atoms with Crippen LogP contribution in [-0.4, -0.2) is 11.5 Å². The third-order valence-corrected chi connectivity index (χ3v) is 3.37. The number of hydrogen-bond acceptors (Lipinski definition) is 4. The Hall–Kier alpha value is -2.08. The second-order valence-corrected chi connectivity index (χ2v) is 5.30. The lowest BCUT2D eigenvalue weighted by Gasteiger charge is -2.09. The quantitative estimate of drug-likeness (QED) is 0.620. The molecule has 0 fully saturated rings. The SMILES string of the molecule is CCNc1ccc(COc2ccc(Br)cc2)cc1[N+](=O)[O-]. The fourth-order valence-electron chi connectivity index (χ4n) is 1.86. The first-order valence-corrected chi connectivity index (χ1v) is 7.29. The van der Waals surface area contributed by atoms with Gasteiger partial charge in [-0.1, -0.05) is 22.0 Å². The van der Waals surface area contributed by atoms with Crippen LogP contribution in [0.3, 0.4) is 0 Å². The fraction of sp³-hybridized carbons (Fsp3) is 0.200. The van der Waals surface area contributed by atoms with Crippen LogP contribution in [0.25, 0.3) is 0 Å². The number of nitrogens with zero attached hydrogens (tertiary/aromatic N) is 1. The molecule has 0 atom stereocenters. The highest BCUT2D eigenvalue weighted by Crippen LogP contribution is 2.26. The molecule has 0 aliphatic carbocycles. The monoisotopic (exact) mass is 350 g/mol. The number of nitro benzene ring substituents is 1. The van der Waals surface area contributed by atoms with E-state index in [1.165, 1.54) is 6.07 Å². The molecule has 5 nitrogen and oxygen atoms in total. The van der Waals surface area contributed by atoms with Crippen molar-refractivity contribution in [3.05, 3.63) is 62.6 Å². The average molecular weight is 351 g/mol. The van der Waals surface area contributed by atoms with Crippen molar-refractivity contribution in [3.63, 3.8) is 0 Å². The van der Waals surface area contributed by atoms with Crippen molar-refractivity contribution in [2.45, 2.75) is 13.5 Å². The summed E-state index contributed by atoms with van der Waals surface area (Å²) in [5, 5.41) is 14.1. The molecule has 0 aromatic heterocycles. The first kappa shape index (κ1) is 15.3. The first-order chi connectivity index (χ1) is 10.1. The van der Waals surface area contributed by atoms with Crippen molar-refractivity contribution in [1.82, 2.24) is 0 Å². The van der Waals surface area contributed by atoms with Gasteiger partial charge in [-0.3, -0.25) is 10.1 Å². The van der Waals surface area contributed by atoms with Gasteiger partial charge in [-0.25, -0.2) is 0 Å². The molecule has 1 N–H and O–H groups in total. The maximum atomic E-state index is 11.1. The molecule has 2 rings (SSSR count). The molecular formula is C15H15BrN2O3. The van der Waals surface area contributed by atoms with E-state index >= 15 is 0 Å². The Morgan fingerprint density at radius 3 is 2.57 bits per heavy atom. The van der Waals surface area contributed by atoms with Crippen LogP contribution in [0.4, 0.5) is 11.4 Å². The van der Waals surface area contributed by atoms with Crippen molar-refractivity contribution >= 4 is 27.3 Å². The van der Waals surface area contributed by atoms with Gasteiger partial charge in [0.15, 0.2) is 0 Å². The predicted molar refractivity (Wildman–Crippen MR) is 85.7 cm³/mol. The van der Waals surface area contributed by atoms with Gasteiger partial charge in [-0.2, -0.15) is 0 Å². The van der Waals surface area contributed by atoms with Crippen LogP contribution in [0.1, 0.15) is 12.5 Å². The molecule has 6 heteroatoms. The summed E-state index contributed by atoms with van der Waals surface area (Å²) < 4.78 is 6.59. The summed E-state index contributed by atoms with van der Waals surface area (Å²) in [7, 11) is 0. The average Bonchev–Trinajstić information content (AvgIpc) is 2.48. The van der Waals surface area contributed by atoms with E-state index in [1.54, 1.807) is 6.07 Å². The predicted octanol–water partition coefficient (Wildman–Crippen LogP) is 4.37. The van der Waals surface area contributed by atoms with Crippen molar-refractivity contribution in [2.24, 2.45) is 0 Å². The van der Waals surface area contributed by atoms with Crippen LogP contribution in [0.15, 0.2) is 46.9 Å². The Morgan fingerprint density at radius 2 is 1.95 bits per heavy atom. The first-order valence-electron chi connectivity index (χ1n) is 6.49. The van der Waals surface area contributed by atoms with E-state index in [0.29, 0.717) is 12.2 Å². The van der Waals surface area contributed by atoms with Gasteiger partial charge in [0.25, 0.3) is 5.69 Å². The molecular weight excluding hydrogens is 336 g/mol. The summed E-state index contributed by atoms with van der Waals surface area (Å²) in [5.41, 5.74) is 1.34. The highest BCUT2D eigenvalue weighted by molar-refractivity contribution is 9.10. The van der Waals surface area contributed by atoms with Crippen molar-refractivity contribution in [2.75, 3.05) is 11.9 Å². The number of nitro groups is 1. The summed E-state index contributed by atoms with van der Waals surface area (Å²) in [6.07, 6.45) is 0. The minimum atomic E-state index is -0.388. The van der Waals surface area contributed by atoms with Gasteiger partial charge in [-0.15, -0.1) is 0 Å². The number of nitrogens with one attached hydrogen (secondary N) is 1. The Kier molecular flexibility index (Phi) is 5.16. The lowest BCUT2D eigenvalue weighted by molar-refractivity contribution is -0.384.